The highest BCUT2D eigenvalue weighted by Gasteiger charge is 2.41. The van der Waals surface area contributed by atoms with E-state index in [1.165, 1.54) is 0 Å². The molecule has 0 amide bonds. The molecule has 2 atom stereocenters. The van der Waals surface area contributed by atoms with E-state index in [0.29, 0.717) is 0 Å². The molecule has 4 nitrogen and oxygen atoms in total. The van der Waals surface area contributed by atoms with Crippen LogP contribution in [0.2, 0.25) is 0 Å². The quantitative estimate of drug-likeness (QED) is 0.595. The third kappa shape index (κ3) is 2.75. The van der Waals surface area contributed by atoms with E-state index in [1.54, 1.807) is 14.2 Å². The number of hydrogen-bond acceptors (Lipinski definition) is 4. The maximum atomic E-state index is 6.20. The molecule has 0 bridgehead atoms. The third-order valence-corrected chi connectivity index (χ3v) is 5.18. The Morgan fingerprint density at radius 1 is 1.31 bits per heavy atom. The number of nitrogens with two attached hydrogens (primary N) is 2. The molecule has 0 fully saturated rings. The Morgan fingerprint density at radius 3 is 2.00 bits per heavy atom. The van der Waals surface area contributed by atoms with Crippen LogP contribution in [0.1, 0.15) is 26.7 Å². The van der Waals surface area contributed by atoms with Gasteiger partial charge in [-0.25, -0.2) is 0 Å². The molecule has 4 N–H and O–H groups in total. The molecular formula is C8H22N2O2Si. The first-order valence-electron chi connectivity index (χ1n) is 4.66. The molecule has 0 radical (unpaired) electrons. The Morgan fingerprint density at radius 2 is 1.77 bits per heavy atom. The highest BCUT2D eigenvalue weighted by atomic mass is 28.3. The van der Waals surface area contributed by atoms with Crippen LogP contribution in [0.5, 0.6) is 0 Å². The van der Waals surface area contributed by atoms with Crippen LogP contribution in [0, 0.1) is 0 Å². The lowest BCUT2D eigenvalue weighted by Gasteiger charge is -2.37. The van der Waals surface area contributed by atoms with Crippen molar-refractivity contribution in [2.24, 2.45) is 11.5 Å². The van der Waals surface area contributed by atoms with E-state index in [2.05, 4.69) is 0 Å². The standard InChI is InChI=1S/C8H22N2O2Si/c1-5-7(9)8(10,6-2)13(11-3)12-4/h7,13H,5-6,9-10H2,1-4H3. The molecule has 0 aromatic heterocycles. The van der Waals surface area contributed by atoms with Gasteiger partial charge in [-0.15, -0.1) is 0 Å². The SMILES string of the molecule is CCC(N)C(N)(CC)[SiH](OC)OC. The minimum Gasteiger partial charge on any atom is -0.399 e. The summed E-state index contributed by atoms with van der Waals surface area (Å²) in [4.78, 5) is 0. The summed E-state index contributed by atoms with van der Waals surface area (Å²) in [5.41, 5.74) is 12.2. The second-order valence-electron chi connectivity index (χ2n) is 3.28. The van der Waals surface area contributed by atoms with Crippen molar-refractivity contribution in [3.8, 4) is 0 Å². The average Bonchev–Trinajstić information content (AvgIpc) is 2.17. The topological polar surface area (TPSA) is 70.5 Å². The van der Waals surface area contributed by atoms with E-state index < -0.39 is 14.4 Å². The monoisotopic (exact) mass is 206 g/mol. The summed E-state index contributed by atoms with van der Waals surface area (Å²) in [7, 11) is 1.43. The first kappa shape index (κ1) is 13.1. The lowest BCUT2D eigenvalue weighted by molar-refractivity contribution is 0.223. The van der Waals surface area contributed by atoms with E-state index in [9.17, 15) is 0 Å². The van der Waals surface area contributed by atoms with Crippen LogP contribution in [0.25, 0.3) is 0 Å². The Bertz CT molecular complexity index is 144. The molecule has 0 aromatic rings. The van der Waals surface area contributed by atoms with E-state index in [-0.39, 0.29) is 6.04 Å². The molecule has 2 unspecified atom stereocenters. The van der Waals surface area contributed by atoms with Gasteiger partial charge in [-0.2, -0.15) is 0 Å². The van der Waals surface area contributed by atoms with Crippen LogP contribution in [-0.2, 0) is 8.85 Å². The molecule has 0 heterocycles. The van der Waals surface area contributed by atoms with Crippen LogP contribution in [0.4, 0.5) is 0 Å². The summed E-state index contributed by atoms with van der Waals surface area (Å²) < 4.78 is 10.6. The lowest BCUT2D eigenvalue weighted by atomic mass is 10.0. The van der Waals surface area contributed by atoms with Crippen LogP contribution in [0.15, 0.2) is 0 Å². The molecule has 0 saturated heterocycles. The van der Waals surface area contributed by atoms with Gasteiger partial charge in [-0.3, -0.25) is 0 Å². The van der Waals surface area contributed by atoms with Crippen LogP contribution in [0.3, 0.4) is 0 Å². The lowest BCUT2D eigenvalue weighted by Crippen LogP contribution is -2.66. The van der Waals surface area contributed by atoms with Crippen LogP contribution in [-0.4, -0.2) is 34.7 Å². The molecule has 5 heteroatoms. The van der Waals surface area contributed by atoms with Crippen molar-refractivity contribution in [2.75, 3.05) is 14.2 Å². The third-order valence-electron chi connectivity index (χ3n) is 2.61. The number of rotatable bonds is 6. The molecule has 13 heavy (non-hydrogen) atoms. The zero-order chi connectivity index (χ0) is 10.5. The van der Waals surface area contributed by atoms with Crippen molar-refractivity contribution in [1.82, 2.24) is 0 Å². The van der Waals surface area contributed by atoms with Crippen molar-refractivity contribution in [2.45, 2.75) is 37.9 Å². The molecule has 0 spiro atoms. The molecule has 0 aliphatic carbocycles. The first-order valence-corrected chi connectivity index (χ1v) is 6.18. The summed E-state index contributed by atoms with van der Waals surface area (Å²) in [6.45, 7) is 4.05. The highest BCUT2D eigenvalue weighted by Crippen LogP contribution is 2.17. The highest BCUT2D eigenvalue weighted by molar-refractivity contribution is 6.49. The van der Waals surface area contributed by atoms with Gasteiger partial charge in [0.15, 0.2) is 0 Å². The molecule has 0 aromatic carbocycles. The summed E-state index contributed by atoms with van der Waals surface area (Å²) in [6.07, 6.45) is 1.64. The van der Waals surface area contributed by atoms with Crippen molar-refractivity contribution < 1.29 is 8.85 Å². The molecule has 0 saturated carbocycles. The molecule has 0 aliphatic rings. The average molecular weight is 206 g/mol. The summed E-state index contributed by atoms with van der Waals surface area (Å²) in [5.74, 6) is 0. The fraction of sp³-hybridized carbons (Fsp3) is 1.00. The van der Waals surface area contributed by atoms with Gasteiger partial charge >= 0.3 is 9.28 Å². The molecular weight excluding hydrogens is 184 g/mol. The van der Waals surface area contributed by atoms with Crippen molar-refractivity contribution in [1.29, 1.82) is 0 Å². The Kier molecular flexibility index (Phi) is 5.74. The minimum absolute atomic E-state index is 0.0472. The van der Waals surface area contributed by atoms with Crippen LogP contribution >= 0.6 is 0 Å². The predicted molar refractivity (Wildman–Crippen MR) is 56.6 cm³/mol. The maximum Gasteiger partial charge on any atom is 0.343 e. The molecule has 0 aliphatic heterocycles. The van der Waals surface area contributed by atoms with Gasteiger partial charge in [0.25, 0.3) is 0 Å². The zero-order valence-corrected chi connectivity index (χ0v) is 10.2. The second-order valence-corrected chi connectivity index (χ2v) is 5.97. The summed E-state index contributed by atoms with van der Waals surface area (Å²) >= 11 is 0. The van der Waals surface area contributed by atoms with Crippen LogP contribution < -0.4 is 11.5 Å². The Hall–Kier alpha value is 0.0569. The van der Waals surface area contributed by atoms with Gasteiger partial charge in [0.05, 0.1) is 5.16 Å². The van der Waals surface area contributed by atoms with Gasteiger partial charge in [0.1, 0.15) is 0 Å². The van der Waals surface area contributed by atoms with Gasteiger partial charge < -0.3 is 20.3 Å². The second kappa shape index (κ2) is 5.72. The zero-order valence-electron chi connectivity index (χ0n) is 9.04. The van der Waals surface area contributed by atoms with E-state index >= 15 is 0 Å². The Labute approximate surface area is 82.4 Å². The van der Waals surface area contributed by atoms with E-state index in [1.807, 2.05) is 13.8 Å². The van der Waals surface area contributed by atoms with Crippen molar-refractivity contribution in [3.05, 3.63) is 0 Å². The van der Waals surface area contributed by atoms with E-state index in [4.69, 9.17) is 20.3 Å². The van der Waals surface area contributed by atoms with Gasteiger partial charge in [-0.1, -0.05) is 13.8 Å². The fourth-order valence-electron chi connectivity index (χ4n) is 1.52. The van der Waals surface area contributed by atoms with Crippen molar-refractivity contribution in [3.63, 3.8) is 0 Å². The van der Waals surface area contributed by atoms with Crippen molar-refractivity contribution >= 4 is 9.28 Å². The first-order chi connectivity index (χ1) is 6.06. The number of hydrogen-bond donors (Lipinski definition) is 2. The normalized spacial score (nSPS) is 18.7. The Balaban J connectivity index is 4.57. The van der Waals surface area contributed by atoms with E-state index in [0.717, 1.165) is 12.8 Å². The van der Waals surface area contributed by atoms with Gasteiger partial charge in [-0.05, 0) is 12.8 Å². The maximum absolute atomic E-state index is 6.20. The summed E-state index contributed by atoms with van der Waals surface area (Å²) in [5, 5.41) is -0.460. The smallest absolute Gasteiger partial charge is 0.343 e. The fourth-order valence-corrected chi connectivity index (χ4v) is 3.51. The van der Waals surface area contributed by atoms with Gasteiger partial charge in [0, 0.05) is 20.3 Å². The molecule has 80 valence electrons. The van der Waals surface area contributed by atoms with Gasteiger partial charge in [0.2, 0.25) is 0 Å². The minimum atomic E-state index is -1.84. The predicted octanol–water partition coefficient (Wildman–Crippen LogP) is -0.116. The summed E-state index contributed by atoms with van der Waals surface area (Å²) in [6, 6.07) is -0.0472. The molecule has 0 rings (SSSR count). The largest absolute Gasteiger partial charge is 0.399 e.